The first-order valence-corrected chi connectivity index (χ1v) is 7.32. The van der Waals surface area contributed by atoms with Gasteiger partial charge in [0.25, 0.3) is 5.91 Å². The van der Waals surface area contributed by atoms with Gasteiger partial charge in [0.1, 0.15) is 5.75 Å². The number of hydrogen-bond acceptors (Lipinski definition) is 3. The number of anilines is 1. The summed E-state index contributed by atoms with van der Waals surface area (Å²) < 4.78 is 17.9. The van der Waals surface area contributed by atoms with E-state index in [2.05, 4.69) is 0 Å². The van der Waals surface area contributed by atoms with Crippen LogP contribution < -0.4 is 9.64 Å². The highest BCUT2D eigenvalue weighted by atomic mass is 32.2. The molecule has 1 unspecified atom stereocenters. The number of benzene rings is 2. The molecule has 0 saturated heterocycles. The number of hydrogen-bond donors (Lipinski definition) is 0. The second kappa shape index (κ2) is 5.19. The van der Waals surface area contributed by atoms with Crippen LogP contribution in [0.25, 0.3) is 0 Å². The molecule has 5 heteroatoms. The van der Waals surface area contributed by atoms with Crippen molar-refractivity contribution in [1.82, 2.24) is 0 Å². The summed E-state index contributed by atoms with van der Waals surface area (Å²) in [5, 5.41) is 0. The molecular weight excluding hydrogens is 274 g/mol. The maximum absolute atomic E-state index is 12.5. The Morgan fingerprint density at radius 1 is 1.15 bits per heavy atom. The van der Waals surface area contributed by atoms with Gasteiger partial charge in [0.15, 0.2) is 16.4 Å². The molecule has 1 aliphatic heterocycles. The standard InChI is InChI=1S/C15H13NO3S/c1-16-13-8-7-12(9-14(13)19-10-15(16)17)20(18)11-5-3-2-4-6-11/h2-9H,10H2,1H3. The number of rotatable bonds is 2. The van der Waals surface area contributed by atoms with Crippen molar-refractivity contribution in [3.05, 3.63) is 48.5 Å². The van der Waals surface area contributed by atoms with Crippen molar-refractivity contribution in [3.8, 4) is 5.75 Å². The summed E-state index contributed by atoms with van der Waals surface area (Å²) in [5.41, 5.74) is 0.704. The zero-order valence-electron chi connectivity index (χ0n) is 10.9. The minimum atomic E-state index is -1.25. The highest BCUT2D eigenvalue weighted by Gasteiger charge is 2.25. The fourth-order valence-electron chi connectivity index (χ4n) is 2.05. The third kappa shape index (κ3) is 2.26. The minimum Gasteiger partial charge on any atom is -0.606 e. The van der Waals surface area contributed by atoms with Gasteiger partial charge < -0.3 is 14.2 Å². The van der Waals surface area contributed by atoms with Crippen LogP contribution in [-0.4, -0.2) is 24.1 Å². The smallest absolute Gasteiger partial charge is 0.264 e. The van der Waals surface area contributed by atoms with Crippen LogP contribution in [0, 0.1) is 0 Å². The van der Waals surface area contributed by atoms with Gasteiger partial charge in [-0.15, -0.1) is 0 Å². The first-order chi connectivity index (χ1) is 9.66. The largest absolute Gasteiger partial charge is 0.606 e. The molecule has 0 fully saturated rings. The molecule has 0 N–H and O–H groups in total. The maximum atomic E-state index is 12.5. The fraction of sp³-hybridized carbons (Fsp3) is 0.133. The number of ether oxygens (including phenoxy) is 1. The van der Waals surface area contributed by atoms with Crippen molar-refractivity contribution < 1.29 is 14.1 Å². The molecule has 0 aliphatic carbocycles. The van der Waals surface area contributed by atoms with E-state index in [0.29, 0.717) is 16.3 Å². The van der Waals surface area contributed by atoms with Gasteiger partial charge in [-0.1, -0.05) is 18.2 Å². The fourth-order valence-corrected chi connectivity index (χ4v) is 3.14. The molecule has 4 nitrogen and oxygen atoms in total. The van der Waals surface area contributed by atoms with Crippen LogP contribution in [0.5, 0.6) is 5.75 Å². The van der Waals surface area contributed by atoms with E-state index < -0.39 is 11.2 Å². The van der Waals surface area contributed by atoms with Gasteiger partial charge in [0.2, 0.25) is 0 Å². The average Bonchev–Trinajstić information content (AvgIpc) is 2.51. The summed E-state index contributed by atoms with van der Waals surface area (Å²) in [7, 11) is 1.71. The van der Waals surface area contributed by atoms with E-state index >= 15 is 0 Å². The van der Waals surface area contributed by atoms with Gasteiger partial charge in [-0.3, -0.25) is 4.79 Å². The van der Waals surface area contributed by atoms with Crippen LogP contribution in [0.15, 0.2) is 58.3 Å². The molecule has 20 heavy (non-hydrogen) atoms. The summed E-state index contributed by atoms with van der Waals surface area (Å²) in [5.74, 6) is 0.503. The summed E-state index contributed by atoms with van der Waals surface area (Å²) in [6.07, 6.45) is 0. The van der Waals surface area contributed by atoms with Crippen LogP contribution in [0.1, 0.15) is 0 Å². The number of fused-ring (bicyclic) bond motifs is 1. The second-order valence-electron chi connectivity index (χ2n) is 4.45. The molecular formula is C15H13NO3S. The predicted octanol–water partition coefficient (Wildman–Crippen LogP) is 2.21. The summed E-state index contributed by atoms with van der Waals surface area (Å²) >= 11 is -1.25. The van der Waals surface area contributed by atoms with E-state index in [4.69, 9.17) is 4.74 Å². The maximum Gasteiger partial charge on any atom is 0.264 e. The lowest BCUT2D eigenvalue weighted by Gasteiger charge is -2.26. The molecule has 1 heterocycles. The Bertz CT molecular complexity index is 645. The number of carbonyl (C=O) groups excluding carboxylic acids is 1. The SMILES string of the molecule is CN1C(=O)COc2cc([S+]([O-])c3ccccc3)ccc21. The Morgan fingerprint density at radius 2 is 1.90 bits per heavy atom. The van der Waals surface area contributed by atoms with Crippen LogP contribution in [0.3, 0.4) is 0 Å². The van der Waals surface area contributed by atoms with Gasteiger partial charge >= 0.3 is 0 Å². The molecule has 0 saturated carbocycles. The van der Waals surface area contributed by atoms with Crippen LogP contribution in [-0.2, 0) is 16.0 Å². The molecule has 2 aromatic carbocycles. The quantitative estimate of drug-likeness (QED) is 0.796. The van der Waals surface area contributed by atoms with Gasteiger partial charge in [0.05, 0.1) is 5.69 Å². The van der Waals surface area contributed by atoms with E-state index in [-0.39, 0.29) is 12.5 Å². The molecule has 3 rings (SSSR count). The zero-order chi connectivity index (χ0) is 14.1. The van der Waals surface area contributed by atoms with Gasteiger partial charge in [0, 0.05) is 24.3 Å². The second-order valence-corrected chi connectivity index (χ2v) is 5.93. The van der Waals surface area contributed by atoms with E-state index in [9.17, 15) is 9.35 Å². The van der Waals surface area contributed by atoms with Gasteiger partial charge in [-0.25, -0.2) is 0 Å². The van der Waals surface area contributed by atoms with Crippen LogP contribution >= 0.6 is 0 Å². The Balaban J connectivity index is 1.95. The van der Waals surface area contributed by atoms with Gasteiger partial charge in [-0.2, -0.15) is 0 Å². The summed E-state index contributed by atoms with van der Waals surface area (Å²) in [6, 6.07) is 14.5. The Hall–Kier alpha value is -1.98. The van der Waals surface area contributed by atoms with Crippen molar-refractivity contribution in [3.63, 3.8) is 0 Å². The molecule has 2 aromatic rings. The highest BCUT2D eigenvalue weighted by molar-refractivity contribution is 7.91. The molecule has 0 bridgehead atoms. The zero-order valence-corrected chi connectivity index (χ0v) is 11.7. The van der Waals surface area contributed by atoms with Gasteiger partial charge in [-0.05, 0) is 24.3 Å². The van der Waals surface area contributed by atoms with E-state index in [1.54, 1.807) is 30.1 Å². The van der Waals surface area contributed by atoms with Crippen LogP contribution in [0.2, 0.25) is 0 Å². The Kier molecular flexibility index (Phi) is 3.38. The monoisotopic (exact) mass is 287 g/mol. The van der Waals surface area contributed by atoms with Crippen molar-refractivity contribution >= 4 is 22.8 Å². The van der Waals surface area contributed by atoms with Crippen molar-refractivity contribution in [1.29, 1.82) is 0 Å². The lowest BCUT2D eigenvalue weighted by atomic mass is 10.2. The Morgan fingerprint density at radius 3 is 2.65 bits per heavy atom. The predicted molar refractivity (Wildman–Crippen MR) is 76.5 cm³/mol. The highest BCUT2D eigenvalue weighted by Crippen LogP contribution is 2.34. The van der Waals surface area contributed by atoms with Crippen LogP contribution in [0.4, 0.5) is 5.69 Å². The molecule has 102 valence electrons. The lowest BCUT2D eigenvalue weighted by molar-refractivity contribution is -0.120. The minimum absolute atomic E-state index is 0.0188. The van der Waals surface area contributed by atoms with Crippen molar-refractivity contribution in [2.75, 3.05) is 18.6 Å². The molecule has 1 amide bonds. The lowest BCUT2D eigenvalue weighted by Crippen LogP contribution is -2.35. The molecule has 1 atom stereocenters. The number of amides is 1. The van der Waals surface area contributed by atoms with Crippen molar-refractivity contribution in [2.24, 2.45) is 0 Å². The normalized spacial score (nSPS) is 15.5. The van der Waals surface area contributed by atoms with E-state index in [0.717, 1.165) is 4.90 Å². The molecule has 1 aliphatic rings. The Labute approximate surface area is 120 Å². The average molecular weight is 287 g/mol. The first-order valence-electron chi connectivity index (χ1n) is 6.17. The number of nitrogens with zero attached hydrogens (tertiary/aromatic N) is 1. The van der Waals surface area contributed by atoms with E-state index in [1.165, 1.54) is 0 Å². The molecule has 0 spiro atoms. The molecule has 0 radical (unpaired) electrons. The number of carbonyl (C=O) groups is 1. The third-order valence-corrected chi connectivity index (χ3v) is 4.57. The third-order valence-electron chi connectivity index (χ3n) is 3.19. The van der Waals surface area contributed by atoms with Crippen molar-refractivity contribution in [2.45, 2.75) is 9.79 Å². The summed E-state index contributed by atoms with van der Waals surface area (Å²) in [4.78, 5) is 14.5. The number of likely N-dealkylation sites (N-methyl/N-ethyl adjacent to an activating group) is 1. The van der Waals surface area contributed by atoms with E-state index in [1.807, 2.05) is 30.3 Å². The first kappa shape index (κ1) is 13.0. The molecule has 0 aromatic heterocycles. The summed E-state index contributed by atoms with van der Waals surface area (Å²) in [6.45, 7) is 0.0188. The topological polar surface area (TPSA) is 52.6 Å².